The summed E-state index contributed by atoms with van der Waals surface area (Å²) in [5.41, 5.74) is -0.434. The van der Waals surface area contributed by atoms with Gasteiger partial charge in [0, 0.05) is 52.8 Å². The first-order valence-corrected chi connectivity index (χ1v) is 9.76. The molecule has 1 N–H and O–H groups in total. The molecule has 0 saturated carbocycles. The molecule has 0 spiro atoms. The Kier molecular flexibility index (Phi) is 10.1. The van der Waals surface area contributed by atoms with Gasteiger partial charge in [0.1, 0.15) is 5.60 Å². The predicted octanol–water partition coefficient (Wildman–Crippen LogP) is 2.80. The summed E-state index contributed by atoms with van der Waals surface area (Å²) in [6.07, 6.45) is 2.91. The van der Waals surface area contributed by atoms with Gasteiger partial charge in [-0.15, -0.1) is 24.0 Å². The normalized spacial score (nSPS) is 21.6. The summed E-state index contributed by atoms with van der Waals surface area (Å²) in [5, 5.41) is 3.50. The number of nitrogens with one attached hydrogen (secondary N) is 1. The van der Waals surface area contributed by atoms with Crippen molar-refractivity contribution < 1.29 is 14.3 Å². The Bertz CT molecular complexity index is 482. The van der Waals surface area contributed by atoms with E-state index in [9.17, 15) is 4.79 Å². The number of rotatable bonds is 4. The zero-order valence-corrected chi connectivity index (χ0v) is 19.8. The minimum absolute atomic E-state index is 0. The Labute approximate surface area is 181 Å². The number of hydrogen-bond donors (Lipinski definition) is 1. The molecule has 1 atom stereocenters. The zero-order valence-electron chi connectivity index (χ0n) is 17.5. The highest BCUT2D eigenvalue weighted by Crippen LogP contribution is 2.19. The van der Waals surface area contributed by atoms with Crippen molar-refractivity contribution in [3.8, 4) is 0 Å². The molecule has 7 nitrogen and oxygen atoms in total. The van der Waals surface area contributed by atoms with Gasteiger partial charge in [-0.1, -0.05) is 0 Å². The Morgan fingerprint density at radius 3 is 2.44 bits per heavy atom. The molecule has 8 heteroatoms. The first-order chi connectivity index (χ1) is 12.3. The second kappa shape index (κ2) is 11.3. The van der Waals surface area contributed by atoms with Crippen LogP contribution in [-0.4, -0.2) is 80.9 Å². The van der Waals surface area contributed by atoms with Crippen molar-refractivity contribution in [2.24, 2.45) is 16.8 Å². The lowest BCUT2D eigenvalue weighted by Crippen LogP contribution is -2.46. The molecule has 2 fully saturated rings. The van der Waals surface area contributed by atoms with Gasteiger partial charge in [0.05, 0.1) is 6.61 Å². The van der Waals surface area contributed by atoms with E-state index >= 15 is 0 Å². The second-order valence-electron chi connectivity index (χ2n) is 8.45. The van der Waals surface area contributed by atoms with Crippen LogP contribution in [0.2, 0.25) is 0 Å². The fraction of sp³-hybridized carbons (Fsp3) is 0.895. The SMILES string of the molecule is CN=C(NCC1CCN(C(=O)OC(C)(C)C)CC1)N(C)CC1CCOC1.I. The van der Waals surface area contributed by atoms with Crippen LogP contribution in [-0.2, 0) is 9.47 Å². The number of halogens is 1. The molecule has 27 heavy (non-hydrogen) atoms. The lowest BCUT2D eigenvalue weighted by Gasteiger charge is -2.34. The van der Waals surface area contributed by atoms with E-state index in [0.717, 1.165) is 64.6 Å². The summed E-state index contributed by atoms with van der Waals surface area (Å²) in [7, 11) is 3.91. The van der Waals surface area contributed by atoms with Crippen LogP contribution in [0.25, 0.3) is 0 Å². The van der Waals surface area contributed by atoms with Gasteiger partial charge >= 0.3 is 6.09 Å². The molecular weight excluding hydrogens is 459 g/mol. The van der Waals surface area contributed by atoms with Crippen molar-refractivity contribution in [2.45, 2.75) is 45.6 Å². The number of hydrogen-bond acceptors (Lipinski definition) is 4. The van der Waals surface area contributed by atoms with E-state index in [4.69, 9.17) is 9.47 Å². The zero-order chi connectivity index (χ0) is 19.2. The number of piperidine rings is 1. The molecule has 2 rings (SSSR count). The predicted molar refractivity (Wildman–Crippen MR) is 119 cm³/mol. The largest absolute Gasteiger partial charge is 0.444 e. The van der Waals surface area contributed by atoms with Crippen LogP contribution in [0.15, 0.2) is 4.99 Å². The van der Waals surface area contributed by atoms with E-state index in [0.29, 0.717) is 11.8 Å². The van der Waals surface area contributed by atoms with Crippen LogP contribution in [0.5, 0.6) is 0 Å². The number of amides is 1. The van der Waals surface area contributed by atoms with Crippen LogP contribution in [0.3, 0.4) is 0 Å². The molecule has 0 aliphatic carbocycles. The van der Waals surface area contributed by atoms with Gasteiger partial charge in [0.15, 0.2) is 5.96 Å². The molecular formula is C19H37IN4O3. The summed E-state index contributed by atoms with van der Waals surface area (Å²) in [6, 6.07) is 0. The van der Waals surface area contributed by atoms with Gasteiger partial charge in [-0.05, 0) is 46.0 Å². The maximum Gasteiger partial charge on any atom is 0.410 e. The van der Waals surface area contributed by atoms with Gasteiger partial charge in [-0.2, -0.15) is 0 Å². The van der Waals surface area contributed by atoms with Crippen LogP contribution in [0, 0.1) is 11.8 Å². The van der Waals surface area contributed by atoms with E-state index in [1.807, 2.05) is 32.7 Å². The molecule has 2 saturated heterocycles. The summed E-state index contributed by atoms with van der Waals surface area (Å²) in [4.78, 5) is 20.6. The lowest BCUT2D eigenvalue weighted by molar-refractivity contribution is 0.0185. The third kappa shape index (κ3) is 8.41. The van der Waals surface area contributed by atoms with Gasteiger partial charge in [-0.3, -0.25) is 4.99 Å². The maximum absolute atomic E-state index is 12.1. The van der Waals surface area contributed by atoms with Gasteiger partial charge in [0.2, 0.25) is 0 Å². The Morgan fingerprint density at radius 1 is 1.26 bits per heavy atom. The van der Waals surface area contributed by atoms with Crippen LogP contribution >= 0.6 is 24.0 Å². The van der Waals surface area contributed by atoms with Gasteiger partial charge < -0.3 is 24.6 Å². The lowest BCUT2D eigenvalue weighted by atomic mass is 9.97. The first kappa shape index (κ1) is 24.3. The van der Waals surface area contributed by atoms with Crippen molar-refractivity contribution >= 4 is 36.0 Å². The van der Waals surface area contributed by atoms with Gasteiger partial charge in [0.25, 0.3) is 0 Å². The average Bonchev–Trinajstić information content (AvgIpc) is 3.07. The standard InChI is InChI=1S/C19H36N4O3.HI/c1-19(2,3)26-18(24)23-9-6-15(7-10-23)12-21-17(20-4)22(5)13-16-8-11-25-14-16;/h15-16H,6-14H2,1-5H3,(H,20,21);1H. The fourth-order valence-electron chi connectivity index (χ4n) is 3.47. The Balaban J connectivity index is 0.00000364. The number of ether oxygens (including phenoxy) is 2. The topological polar surface area (TPSA) is 66.4 Å². The van der Waals surface area contributed by atoms with Crippen molar-refractivity contribution in [1.29, 1.82) is 0 Å². The molecule has 2 aliphatic rings. The molecule has 158 valence electrons. The van der Waals surface area contributed by atoms with Crippen molar-refractivity contribution in [3.05, 3.63) is 0 Å². The van der Waals surface area contributed by atoms with Crippen LogP contribution < -0.4 is 5.32 Å². The number of carbonyl (C=O) groups is 1. The maximum atomic E-state index is 12.1. The van der Waals surface area contributed by atoms with E-state index < -0.39 is 5.60 Å². The van der Waals surface area contributed by atoms with Crippen molar-refractivity contribution in [3.63, 3.8) is 0 Å². The number of carbonyl (C=O) groups excluding carboxylic acids is 1. The summed E-state index contributed by atoms with van der Waals surface area (Å²) < 4.78 is 10.9. The second-order valence-corrected chi connectivity index (χ2v) is 8.45. The molecule has 1 amide bonds. The Hall–Kier alpha value is -0.770. The quantitative estimate of drug-likeness (QED) is 0.369. The number of nitrogens with zero attached hydrogens (tertiary/aromatic N) is 3. The summed E-state index contributed by atoms with van der Waals surface area (Å²) in [6.45, 7) is 10.8. The Morgan fingerprint density at radius 2 is 1.93 bits per heavy atom. The molecule has 2 aliphatic heterocycles. The average molecular weight is 496 g/mol. The first-order valence-electron chi connectivity index (χ1n) is 9.76. The molecule has 0 aromatic carbocycles. The van der Waals surface area contributed by atoms with Crippen LogP contribution in [0.1, 0.15) is 40.0 Å². The van der Waals surface area contributed by atoms with Crippen LogP contribution in [0.4, 0.5) is 4.79 Å². The monoisotopic (exact) mass is 496 g/mol. The van der Waals surface area contributed by atoms with E-state index in [2.05, 4.69) is 22.3 Å². The molecule has 0 aromatic heterocycles. The number of likely N-dealkylation sites (tertiary alicyclic amines) is 1. The smallest absolute Gasteiger partial charge is 0.410 e. The van der Waals surface area contributed by atoms with E-state index in [1.165, 1.54) is 0 Å². The third-order valence-corrected chi connectivity index (χ3v) is 4.94. The van der Waals surface area contributed by atoms with Crippen molar-refractivity contribution in [2.75, 3.05) is 53.5 Å². The number of aliphatic imine (C=N–C) groups is 1. The molecule has 0 aromatic rings. The number of guanidine groups is 1. The summed E-state index contributed by atoms with van der Waals surface area (Å²) >= 11 is 0. The minimum atomic E-state index is -0.434. The van der Waals surface area contributed by atoms with E-state index in [-0.39, 0.29) is 30.1 Å². The van der Waals surface area contributed by atoms with Gasteiger partial charge in [-0.25, -0.2) is 4.79 Å². The molecule has 0 bridgehead atoms. The summed E-state index contributed by atoms with van der Waals surface area (Å²) in [5.74, 6) is 2.08. The molecule has 0 radical (unpaired) electrons. The van der Waals surface area contributed by atoms with Crippen molar-refractivity contribution in [1.82, 2.24) is 15.1 Å². The highest BCUT2D eigenvalue weighted by molar-refractivity contribution is 14.0. The minimum Gasteiger partial charge on any atom is -0.444 e. The van der Waals surface area contributed by atoms with E-state index in [1.54, 1.807) is 0 Å². The highest BCUT2D eigenvalue weighted by Gasteiger charge is 2.27. The highest BCUT2D eigenvalue weighted by atomic mass is 127. The third-order valence-electron chi connectivity index (χ3n) is 4.94. The molecule has 2 heterocycles. The molecule has 1 unspecified atom stereocenters. The fourth-order valence-corrected chi connectivity index (χ4v) is 3.47.